The monoisotopic (exact) mass is 433 g/mol. The van der Waals surface area contributed by atoms with Crippen LogP contribution in [-0.2, 0) is 11.2 Å². The van der Waals surface area contributed by atoms with E-state index in [0.717, 1.165) is 36.4 Å². The number of carbonyl (C=O) groups is 2. The molecule has 2 aliphatic rings. The van der Waals surface area contributed by atoms with Crippen molar-refractivity contribution in [3.8, 4) is 23.8 Å². The van der Waals surface area contributed by atoms with E-state index < -0.39 is 0 Å². The Morgan fingerprint density at radius 2 is 1.75 bits per heavy atom. The molecular weight excluding hydrogens is 406 g/mol. The lowest BCUT2D eigenvalue weighted by molar-refractivity contribution is -0.118. The highest BCUT2D eigenvalue weighted by molar-refractivity contribution is 5.97. The summed E-state index contributed by atoms with van der Waals surface area (Å²) in [5.41, 5.74) is 3.74. The number of anilines is 2. The van der Waals surface area contributed by atoms with Gasteiger partial charge in [-0.2, -0.15) is 0 Å². The van der Waals surface area contributed by atoms with Crippen LogP contribution in [-0.4, -0.2) is 63.7 Å². The number of amides is 2. The van der Waals surface area contributed by atoms with Gasteiger partial charge in [0.05, 0.1) is 20.8 Å². The molecular formula is C25H27N3O4. The van der Waals surface area contributed by atoms with Crippen molar-refractivity contribution in [2.45, 2.75) is 12.8 Å². The molecule has 1 fully saturated rings. The molecule has 2 amide bonds. The van der Waals surface area contributed by atoms with Crippen LogP contribution < -0.4 is 19.3 Å². The second-order valence-electron chi connectivity index (χ2n) is 7.85. The number of hydrogen-bond acceptors (Lipinski definition) is 5. The van der Waals surface area contributed by atoms with E-state index in [1.54, 1.807) is 37.3 Å². The number of methoxy groups -OCH3 is 2. The van der Waals surface area contributed by atoms with Gasteiger partial charge in [-0.25, -0.2) is 0 Å². The SMILES string of the molecule is C#CCN1C(=O)CCc2cc(N3CCN(C(=O)c4ccc(OC)c(OC)c4)CC3)ccc21. The highest BCUT2D eigenvalue weighted by Crippen LogP contribution is 2.32. The van der Waals surface area contributed by atoms with E-state index in [2.05, 4.69) is 16.9 Å². The normalized spacial score (nSPS) is 15.8. The van der Waals surface area contributed by atoms with Gasteiger partial charge in [-0.3, -0.25) is 9.59 Å². The number of fused-ring (bicyclic) bond motifs is 1. The van der Waals surface area contributed by atoms with Crippen LogP contribution in [0.25, 0.3) is 0 Å². The minimum atomic E-state index is -0.0144. The van der Waals surface area contributed by atoms with E-state index >= 15 is 0 Å². The Morgan fingerprint density at radius 3 is 2.44 bits per heavy atom. The number of carbonyl (C=O) groups excluding carboxylic acids is 2. The van der Waals surface area contributed by atoms with Crippen LogP contribution in [0.3, 0.4) is 0 Å². The Hall–Kier alpha value is -3.66. The average Bonchev–Trinajstić information content (AvgIpc) is 2.84. The minimum Gasteiger partial charge on any atom is -0.493 e. The van der Waals surface area contributed by atoms with Crippen molar-refractivity contribution >= 4 is 23.2 Å². The Labute approximate surface area is 188 Å². The molecule has 2 aromatic carbocycles. The van der Waals surface area contributed by atoms with Gasteiger partial charge in [0.1, 0.15) is 0 Å². The predicted molar refractivity (Wildman–Crippen MR) is 124 cm³/mol. The smallest absolute Gasteiger partial charge is 0.254 e. The van der Waals surface area contributed by atoms with Crippen molar-refractivity contribution in [1.29, 1.82) is 0 Å². The molecule has 7 heteroatoms. The summed E-state index contributed by atoms with van der Waals surface area (Å²) in [4.78, 5) is 31.0. The summed E-state index contributed by atoms with van der Waals surface area (Å²) >= 11 is 0. The summed E-state index contributed by atoms with van der Waals surface area (Å²) in [5, 5.41) is 0. The number of hydrogen-bond donors (Lipinski definition) is 0. The number of benzene rings is 2. The summed E-state index contributed by atoms with van der Waals surface area (Å²) in [6.45, 7) is 3.04. The van der Waals surface area contributed by atoms with Crippen molar-refractivity contribution in [3.05, 3.63) is 47.5 Å². The number of terminal acetylenes is 1. The number of rotatable bonds is 5. The molecule has 0 radical (unpaired) electrons. The van der Waals surface area contributed by atoms with Crippen LogP contribution in [0.5, 0.6) is 11.5 Å². The molecule has 2 aromatic rings. The summed E-state index contributed by atoms with van der Waals surface area (Å²) in [6.07, 6.45) is 6.64. The zero-order valence-corrected chi connectivity index (χ0v) is 18.5. The molecule has 2 aliphatic heterocycles. The van der Waals surface area contributed by atoms with E-state index in [0.29, 0.717) is 43.1 Å². The third kappa shape index (κ3) is 4.09. The molecule has 2 heterocycles. The first-order valence-corrected chi connectivity index (χ1v) is 10.7. The molecule has 1 saturated heterocycles. The number of piperazine rings is 1. The van der Waals surface area contributed by atoms with Crippen molar-refractivity contribution < 1.29 is 19.1 Å². The minimum absolute atomic E-state index is 0.0144. The van der Waals surface area contributed by atoms with Crippen molar-refractivity contribution in [3.63, 3.8) is 0 Å². The first-order valence-electron chi connectivity index (χ1n) is 10.7. The van der Waals surface area contributed by atoms with Gasteiger partial charge in [0, 0.05) is 49.5 Å². The van der Waals surface area contributed by atoms with Gasteiger partial charge < -0.3 is 24.2 Å². The molecule has 0 spiro atoms. The van der Waals surface area contributed by atoms with Gasteiger partial charge in [-0.15, -0.1) is 6.42 Å². The molecule has 0 aliphatic carbocycles. The lowest BCUT2D eigenvalue weighted by Gasteiger charge is -2.37. The van der Waals surface area contributed by atoms with Gasteiger partial charge >= 0.3 is 0 Å². The first kappa shape index (κ1) is 21.6. The first-order chi connectivity index (χ1) is 15.5. The lowest BCUT2D eigenvalue weighted by atomic mass is 10.00. The average molecular weight is 434 g/mol. The maximum absolute atomic E-state index is 13.0. The molecule has 0 atom stereocenters. The van der Waals surface area contributed by atoms with Crippen LogP contribution >= 0.6 is 0 Å². The molecule has 0 unspecified atom stereocenters. The van der Waals surface area contributed by atoms with Crippen LogP contribution in [0.2, 0.25) is 0 Å². The quantitative estimate of drug-likeness (QED) is 0.679. The van der Waals surface area contributed by atoms with Crippen LogP contribution in [0.1, 0.15) is 22.3 Å². The third-order valence-electron chi connectivity index (χ3n) is 6.08. The Morgan fingerprint density at radius 1 is 1.00 bits per heavy atom. The fraction of sp³-hybridized carbons (Fsp3) is 0.360. The second kappa shape index (κ2) is 9.23. The molecule has 0 saturated carbocycles. The lowest BCUT2D eigenvalue weighted by Crippen LogP contribution is -2.48. The van der Waals surface area contributed by atoms with Crippen LogP contribution in [0, 0.1) is 12.3 Å². The molecule has 0 aromatic heterocycles. The van der Waals surface area contributed by atoms with Crippen molar-refractivity contribution in [1.82, 2.24) is 4.90 Å². The Balaban J connectivity index is 1.44. The number of nitrogens with zero attached hydrogens (tertiary/aromatic N) is 3. The zero-order valence-electron chi connectivity index (χ0n) is 18.5. The predicted octanol–water partition coefficient (Wildman–Crippen LogP) is 2.58. The van der Waals surface area contributed by atoms with E-state index in [-0.39, 0.29) is 11.8 Å². The number of aryl methyl sites for hydroxylation is 1. The molecule has 7 nitrogen and oxygen atoms in total. The Bertz CT molecular complexity index is 1070. The fourth-order valence-electron chi connectivity index (χ4n) is 4.33. The van der Waals surface area contributed by atoms with Gasteiger partial charge in [0.25, 0.3) is 5.91 Å². The van der Waals surface area contributed by atoms with Crippen molar-refractivity contribution in [2.75, 3.05) is 56.7 Å². The summed E-state index contributed by atoms with van der Waals surface area (Å²) in [6, 6.07) is 11.4. The van der Waals surface area contributed by atoms with Gasteiger partial charge in [-0.1, -0.05) is 5.92 Å². The standard InChI is InChI=1S/C25H27N3O4/c1-4-11-28-21-8-7-20(16-18(21)6-10-24(28)29)26-12-14-27(15-13-26)25(30)19-5-9-22(31-2)23(17-19)32-3/h1,5,7-9,16-17H,6,10-15H2,2-3H3. The topological polar surface area (TPSA) is 62.3 Å². The van der Waals surface area contributed by atoms with Gasteiger partial charge in [-0.05, 0) is 48.4 Å². The molecule has 166 valence electrons. The largest absolute Gasteiger partial charge is 0.493 e. The molecule has 0 N–H and O–H groups in total. The van der Waals surface area contributed by atoms with Crippen molar-refractivity contribution in [2.24, 2.45) is 0 Å². The molecule has 0 bridgehead atoms. The summed E-state index contributed by atoms with van der Waals surface area (Å²) in [5.74, 6) is 3.78. The zero-order chi connectivity index (χ0) is 22.7. The van der Waals surface area contributed by atoms with E-state index in [9.17, 15) is 9.59 Å². The fourth-order valence-corrected chi connectivity index (χ4v) is 4.33. The Kier molecular flexibility index (Phi) is 6.22. The number of ether oxygens (including phenoxy) is 2. The highest BCUT2D eigenvalue weighted by atomic mass is 16.5. The molecule has 32 heavy (non-hydrogen) atoms. The third-order valence-corrected chi connectivity index (χ3v) is 6.08. The van der Waals surface area contributed by atoms with Crippen LogP contribution in [0.15, 0.2) is 36.4 Å². The molecule has 4 rings (SSSR count). The maximum Gasteiger partial charge on any atom is 0.254 e. The van der Waals surface area contributed by atoms with E-state index in [4.69, 9.17) is 15.9 Å². The van der Waals surface area contributed by atoms with E-state index in [1.165, 1.54) is 0 Å². The van der Waals surface area contributed by atoms with Crippen LogP contribution in [0.4, 0.5) is 11.4 Å². The second-order valence-corrected chi connectivity index (χ2v) is 7.85. The van der Waals surface area contributed by atoms with Gasteiger partial charge in [0.15, 0.2) is 11.5 Å². The van der Waals surface area contributed by atoms with Gasteiger partial charge in [0.2, 0.25) is 5.91 Å². The summed E-state index contributed by atoms with van der Waals surface area (Å²) in [7, 11) is 3.13. The highest BCUT2D eigenvalue weighted by Gasteiger charge is 2.26. The summed E-state index contributed by atoms with van der Waals surface area (Å²) < 4.78 is 10.6. The maximum atomic E-state index is 13.0. The van der Waals surface area contributed by atoms with E-state index in [1.807, 2.05) is 17.0 Å².